The first-order valence-electron chi connectivity index (χ1n) is 10.8. The van der Waals surface area contributed by atoms with E-state index in [1.807, 2.05) is 12.1 Å². The van der Waals surface area contributed by atoms with Gasteiger partial charge in [0.2, 0.25) is 0 Å². The van der Waals surface area contributed by atoms with E-state index in [4.69, 9.17) is 13.8 Å². The predicted octanol–water partition coefficient (Wildman–Crippen LogP) is 6.77. The van der Waals surface area contributed by atoms with Crippen LogP contribution in [0.5, 0.6) is 11.5 Å². The molecule has 1 amide bonds. The standard InChI is InChI=1S/C24H32NO5P/c1-24(2,3)28-23(26)25-22(19-13-7-4-8-14-19)31(27,29-20-15-9-5-10-16-20)30-21-17-11-6-12-18-21/h5-6,9-12,15-19,22H,4,7-8,13-14H2,1-3H3,(H,25,26). The molecular formula is C24H32NO5P. The minimum Gasteiger partial charge on any atom is -0.444 e. The largest absolute Gasteiger partial charge is 0.453 e. The number of nitrogens with one attached hydrogen (secondary N) is 1. The highest BCUT2D eigenvalue weighted by Crippen LogP contribution is 2.56. The number of ether oxygens (including phenoxy) is 1. The van der Waals surface area contributed by atoms with Gasteiger partial charge in [-0.1, -0.05) is 55.7 Å². The predicted molar refractivity (Wildman–Crippen MR) is 121 cm³/mol. The van der Waals surface area contributed by atoms with Gasteiger partial charge in [-0.3, -0.25) is 0 Å². The van der Waals surface area contributed by atoms with Crippen LogP contribution in [-0.4, -0.2) is 17.5 Å². The maximum absolute atomic E-state index is 14.3. The van der Waals surface area contributed by atoms with Gasteiger partial charge < -0.3 is 19.1 Å². The monoisotopic (exact) mass is 445 g/mol. The van der Waals surface area contributed by atoms with Gasteiger partial charge in [-0.2, -0.15) is 0 Å². The van der Waals surface area contributed by atoms with Gasteiger partial charge in [0.1, 0.15) is 17.1 Å². The molecule has 0 aliphatic heterocycles. The van der Waals surface area contributed by atoms with Crippen molar-refractivity contribution in [2.75, 3.05) is 0 Å². The van der Waals surface area contributed by atoms with Crippen LogP contribution < -0.4 is 14.4 Å². The summed E-state index contributed by atoms with van der Waals surface area (Å²) in [5.74, 6) is -0.0234. The third-order valence-corrected chi connectivity index (χ3v) is 7.22. The Morgan fingerprint density at radius 2 is 1.39 bits per heavy atom. The number of benzene rings is 2. The highest BCUT2D eigenvalue weighted by Gasteiger charge is 2.46. The number of carbonyl (C=O) groups excluding carboxylic acids is 1. The first kappa shape index (κ1) is 23.2. The van der Waals surface area contributed by atoms with Crippen molar-refractivity contribution in [1.82, 2.24) is 5.32 Å². The molecule has 0 bridgehead atoms. The van der Waals surface area contributed by atoms with E-state index in [0.717, 1.165) is 32.1 Å². The van der Waals surface area contributed by atoms with E-state index in [1.165, 1.54) is 0 Å². The number of alkyl carbamates (subject to hydrolysis) is 1. The average Bonchev–Trinajstić information content (AvgIpc) is 2.73. The maximum atomic E-state index is 14.3. The molecule has 7 heteroatoms. The maximum Gasteiger partial charge on any atom is 0.453 e. The summed E-state index contributed by atoms with van der Waals surface area (Å²) in [5.41, 5.74) is -0.675. The first-order valence-corrected chi connectivity index (χ1v) is 12.4. The first-order chi connectivity index (χ1) is 14.8. The van der Waals surface area contributed by atoms with Gasteiger partial charge in [0.15, 0.2) is 5.78 Å². The summed E-state index contributed by atoms with van der Waals surface area (Å²) in [6, 6.07) is 17.8. The second-order valence-corrected chi connectivity index (χ2v) is 10.8. The summed E-state index contributed by atoms with van der Waals surface area (Å²) in [5, 5.41) is 2.85. The lowest BCUT2D eigenvalue weighted by atomic mass is 9.89. The van der Waals surface area contributed by atoms with Crippen molar-refractivity contribution in [1.29, 1.82) is 0 Å². The lowest BCUT2D eigenvalue weighted by molar-refractivity contribution is 0.0495. The number of hydrogen-bond donors (Lipinski definition) is 1. The number of hydrogen-bond acceptors (Lipinski definition) is 5. The normalized spacial score (nSPS) is 16.2. The van der Waals surface area contributed by atoms with E-state index in [-0.39, 0.29) is 5.92 Å². The van der Waals surface area contributed by atoms with E-state index in [0.29, 0.717) is 11.5 Å². The van der Waals surface area contributed by atoms with Crippen LogP contribution in [0.4, 0.5) is 4.79 Å². The van der Waals surface area contributed by atoms with Gasteiger partial charge in [-0.15, -0.1) is 0 Å². The van der Waals surface area contributed by atoms with Crippen LogP contribution in [0.1, 0.15) is 52.9 Å². The number of amides is 1. The van der Waals surface area contributed by atoms with Crippen molar-refractivity contribution < 1.29 is 23.1 Å². The van der Waals surface area contributed by atoms with Gasteiger partial charge in [-0.25, -0.2) is 9.36 Å². The van der Waals surface area contributed by atoms with Crippen molar-refractivity contribution in [3.63, 3.8) is 0 Å². The average molecular weight is 445 g/mol. The molecular weight excluding hydrogens is 413 g/mol. The Kier molecular flexibility index (Phi) is 7.66. The van der Waals surface area contributed by atoms with Crippen molar-refractivity contribution >= 4 is 13.7 Å². The molecule has 0 heterocycles. The third kappa shape index (κ3) is 7.03. The Balaban J connectivity index is 1.95. The fraction of sp³-hybridized carbons (Fsp3) is 0.458. The summed E-state index contributed by atoms with van der Waals surface area (Å²) in [6.45, 7) is 5.38. The van der Waals surface area contributed by atoms with Crippen molar-refractivity contribution in [2.24, 2.45) is 5.92 Å². The van der Waals surface area contributed by atoms with Crippen LogP contribution in [-0.2, 0) is 9.30 Å². The highest BCUT2D eigenvalue weighted by molar-refractivity contribution is 7.55. The topological polar surface area (TPSA) is 73.9 Å². The number of rotatable bonds is 7. The molecule has 0 radical (unpaired) electrons. The molecule has 0 saturated heterocycles. The lowest BCUT2D eigenvalue weighted by Crippen LogP contribution is -2.45. The summed E-state index contributed by atoms with van der Waals surface area (Å²) >= 11 is 0. The van der Waals surface area contributed by atoms with Gasteiger partial charge >= 0.3 is 13.7 Å². The van der Waals surface area contributed by atoms with Crippen LogP contribution >= 0.6 is 7.60 Å². The number of para-hydroxylation sites is 2. The third-order valence-electron chi connectivity index (χ3n) is 5.05. The zero-order chi connectivity index (χ0) is 22.3. The molecule has 1 aliphatic rings. The van der Waals surface area contributed by atoms with Crippen LogP contribution in [0.15, 0.2) is 60.7 Å². The summed E-state index contributed by atoms with van der Waals surface area (Å²) in [4.78, 5) is 12.7. The second-order valence-electron chi connectivity index (χ2n) is 8.84. The zero-order valence-corrected chi connectivity index (χ0v) is 19.3. The van der Waals surface area contributed by atoms with Gasteiger partial charge in [0.05, 0.1) is 0 Å². The molecule has 1 saturated carbocycles. The van der Waals surface area contributed by atoms with Gasteiger partial charge in [0.25, 0.3) is 0 Å². The van der Waals surface area contributed by atoms with E-state index >= 15 is 0 Å². The minimum absolute atomic E-state index is 0.0421. The molecule has 6 nitrogen and oxygen atoms in total. The highest BCUT2D eigenvalue weighted by atomic mass is 31.2. The molecule has 0 aromatic heterocycles. The molecule has 2 aromatic carbocycles. The lowest BCUT2D eigenvalue weighted by Gasteiger charge is -2.35. The summed E-state index contributed by atoms with van der Waals surface area (Å²) in [7, 11) is -3.87. The quantitative estimate of drug-likeness (QED) is 0.476. The fourth-order valence-corrected chi connectivity index (χ4v) is 5.90. The van der Waals surface area contributed by atoms with Gasteiger partial charge in [-0.05, 0) is 63.8 Å². The Hall–Kier alpha value is -2.46. The molecule has 31 heavy (non-hydrogen) atoms. The fourth-order valence-electron chi connectivity index (χ4n) is 3.72. The van der Waals surface area contributed by atoms with Crippen LogP contribution in [0.25, 0.3) is 0 Å². The molecule has 0 spiro atoms. The number of carbonyl (C=O) groups is 1. The Morgan fingerprint density at radius 1 is 0.903 bits per heavy atom. The summed E-state index contributed by atoms with van der Waals surface area (Å²) in [6.07, 6.45) is 4.18. The molecule has 3 rings (SSSR count). The molecule has 1 N–H and O–H groups in total. The van der Waals surface area contributed by atoms with Crippen molar-refractivity contribution in [3.8, 4) is 11.5 Å². The van der Waals surface area contributed by atoms with Crippen LogP contribution in [0, 0.1) is 5.92 Å². The minimum atomic E-state index is -3.87. The Morgan fingerprint density at radius 3 is 1.84 bits per heavy atom. The summed E-state index contributed by atoms with van der Waals surface area (Å²) < 4.78 is 31.8. The van der Waals surface area contributed by atoms with E-state index in [1.54, 1.807) is 69.3 Å². The molecule has 2 aromatic rings. The van der Waals surface area contributed by atoms with Gasteiger partial charge in [0, 0.05) is 0 Å². The molecule has 1 aliphatic carbocycles. The molecule has 1 atom stereocenters. The molecule has 1 fully saturated rings. The Labute approximate surface area is 184 Å². The zero-order valence-electron chi connectivity index (χ0n) is 18.5. The van der Waals surface area contributed by atoms with E-state index in [2.05, 4.69) is 5.32 Å². The second kappa shape index (κ2) is 10.2. The van der Waals surface area contributed by atoms with Crippen molar-refractivity contribution in [2.45, 2.75) is 64.3 Å². The van der Waals surface area contributed by atoms with Crippen molar-refractivity contribution in [3.05, 3.63) is 60.7 Å². The van der Waals surface area contributed by atoms with Crippen LogP contribution in [0.3, 0.4) is 0 Å². The van der Waals surface area contributed by atoms with E-state index in [9.17, 15) is 9.36 Å². The molecule has 168 valence electrons. The Bertz CT molecular complexity index is 830. The van der Waals surface area contributed by atoms with E-state index < -0.39 is 25.1 Å². The SMILES string of the molecule is CC(C)(C)OC(=O)NC(C1CCCCC1)P(=O)(Oc1ccccc1)Oc1ccccc1. The molecule has 1 unspecified atom stereocenters. The van der Waals surface area contributed by atoms with Crippen LogP contribution in [0.2, 0.25) is 0 Å². The smallest absolute Gasteiger partial charge is 0.444 e.